The number of Topliss-reactive ketones (excluding diaryl/α,β-unsaturated/α-hetero) is 1. The first-order valence-corrected chi connectivity index (χ1v) is 8.68. The van der Waals surface area contributed by atoms with E-state index in [-0.39, 0.29) is 5.78 Å². The Hall–Kier alpha value is -2.14. The minimum Gasteiger partial charge on any atom is -0.402 e. The predicted molar refractivity (Wildman–Crippen MR) is 95.8 cm³/mol. The average Bonchev–Trinajstić information content (AvgIpc) is 3.05. The van der Waals surface area contributed by atoms with Crippen LogP contribution in [0.25, 0.3) is 11.3 Å². The number of benzene rings is 1. The van der Waals surface area contributed by atoms with Crippen molar-refractivity contribution in [2.24, 2.45) is 11.7 Å². The van der Waals surface area contributed by atoms with Crippen LogP contribution in [-0.2, 0) is 0 Å². The van der Waals surface area contributed by atoms with Gasteiger partial charge in [0.05, 0.1) is 5.69 Å². The number of ketones is 1. The number of nitrogens with zero attached hydrogens (tertiary/aromatic N) is 2. The van der Waals surface area contributed by atoms with E-state index in [1.54, 1.807) is 18.3 Å². The van der Waals surface area contributed by atoms with Crippen molar-refractivity contribution in [3.63, 3.8) is 0 Å². The van der Waals surface area contributed by atoms with Crippen molar-refractivity contribution in [2.45, 2.75) is 19.8 Å². The van der Waals surface area contributed by atoms with Gasteiger partial charge < -0.3 is 10.6 Å². The van der Waals surface area contributed by atoms with Gasteiger partial charge in [0.25, 0.3) is 0 Å². The van der Waals surface area contributed by atoms with Crippen LogP contribution >= 0.6 is 11.3 Å². The van der Waals surface area contributed by atoms with Crippen molar-refractivity contribution in [1.82, 2.24) is 4.98 Å². The third kappa shape index (κ3) is 3.45. The minimum absolute atomic E-state index is 0.0832. The monoisotopic (exact) mass is 327 g/mol. The van der Waals surface area contributed by atoms with Gasteiger partial charge in [-0.25, -0.2) is 4.98 Å². The molecule has 0 bridgehead atoms. The van der Waals surface area contributed by atoms with Gasteiger partial charge in [0.1, 0.15) is 0 Å². The Bertz CT molecular complexity index is 712. The third-order valence-corrected chi connectivity index (χ3v) is 5.27. The van der Waals surface area contributed by atoms with E-state index in [0.717, 1.165) is 53.6 Å². The summed E-state index contributed by atoms with van der Waals surface area (Å²) in [5.41, 5.74) is 9.35. The summed E-state index contributed by atoms with van der Waals surface area (Å²) in [6.07, 6.45) is 2.08. The zero-order valence-corrected chi connectivity index (χ0v) is 14.1. The van der Waals surface area contributed by atoms with Crippen LogP contribution in [0.15, 0.2) is 41.9 Å². The molecule has 0 amide bonds. The fourth-order valence-electron chi connectivity index (χ4n) is 2.86. The van der Waals surface area contributed by atoms with E-state index >= 15 is 0 Å². The summed E-state index contributed by atoms with van der Waals surface area (Å²) in [6, 6.07) is 7.63. The molecule has 0 saturated carbocycles. The van der Waals surface area contributed by atoms with Crippen LogP contribution in [0, 0.1) is 5.92 Å². The molecule has 120 valence electrons. The fourth-order valence-corrected chi connectivity index (χ4v) is 3.75. The second kappa shape index (κ2) is 6.54. The van der Waals surface area contributed by atoms with Crippen molar-refractivity contribution in [2.75, 3.05) is 18.0 Å². The summed E-state index contributed by atoms with van der Waals surface area (Å²) in [5.74, 6) is 0.518. The van der Waals surface area contributed by atoms with Crippen molar-refractivity contribution in [3.8, 4) is 11.3 Å². The Balaban J connectivity index is 1.71. The van der Waals surface area contributed by atoms with E-state index in [0.29, 0.717) is 5.92 Å². The molecule has 0 unspecified atom stereocenters. The number of carbonyl (C=O) groups excluding carboxylic acids is 1. The van der Waals surface area contributed by atoms with Gasteiger partial charge in [-0.05, 0) is 19.8 Å². The van der Waals surface area contributed by atoms with Crippen LogP contribution in [0.3, 0.4) is 0 Å². The first kappa shape index (κ1) is 15.7. The number of carbonyl (C=O) groups is 1. The van der Waals surface area contributed by atoms with Gasteiger partial charge in [-0.15, -0.1) is 11.3 Å². The van der Waals surface area contributed by atoms with E-state index in [1.807, 2.05) is 24.3 Å². The van der Waals surface area contributed by atoms with Crippen LogP contribution in [0.5, 0.6) is 0 Å². The van der Waals surface area contributed by atoms with E-state index in [1.165, 1.54) is 0 Å². The summed E-state index contributed by atoms with van der Waals surface area (Å²) < 4.78 is 0. The van der Waals surface area contributed by atoms with Crippen LogP contribution in [-0.4, -0.2) is 23.9 Å². The van der Waals surface area contributed by atoms with Gasteiger partial charge in [0, 0.05) is 41.2 Å². The SMILES string of the molecule is C=C(N)C1CCN(c2nc(-c3ccc(C(C)=O)cc3)cs2)CC1. The molecular formula is C18H21N3OS. The molecule has 0 radical (unpaired) electrons. The molecule has 23 heavy (non-hydrogen) atoms. The molecule has 4 nitrogen and oxygen atoms in total. The second-order valence-electron chi connectivity index (χ2n) is 5.99. The average molecular weight is 327 g/mol. The molecule has 2 aromatic rings. The van der Waals surface area contributed by atoms with E-state index < -0.39 is 0 Å². The number of thiazole rings is 1. The highest BCUT2D eigenvalue weighted by molar-refractivity contribution is 7.14. The number of rotatable bonds is 4. The molecule has 1 aromatic carbocycles. The summed E-state index contributed by atoms with van der Waals surface area (Å²) in [5, 5.41) is 3.13. The molecule has 3 rings (SSSR count). The summed E-state index contributed by atoms with van der Waals surface area (Å²) >= 11 is 1.67. The Morgan fingerprint density at radius 1 is 1.30 bits per heavy atom. The lowest BCUT2D eigenvalue weighted by molar-refractivity contribution is 0.101. The molecule has 0 spiro atoms. The highest BCUT2D eigenvalue weighted by Crippen LogP contribution is 2.31. The molecular weight excluding hydrogens is 306 g/mol. The highest BCUT2D eigenvalue weighted by atomic mass is 32.1. The van der Waals surface area contributed by atoms with E-state index in [9.17, 15) is 4.79 Å². The zero-order chi connectivity index (χ0) is 16.4. The Morgan fingerprint density at radius 2 is 1.96 bits per heavy atom. The number of hydrogen-bond acceptors (Lipinski definition) is 5. The number of nitrogens with two attached hydrogens (primary N) is 1. The Morgan fingerprint density at radius 3 is 2.52 bits per heavy atom. The van der Waals surface area contributed by atoms with Gasteiger partial charge in [-0.2, -0.15) is 0 Å². The number of hydrogen-bond donors (Lipinski definition) is 1. The van der Waals surface area contributed by atoms with Gasteiger partial charge in [0.2, 0.25) is 0 Å². The summed E-state index contributed by atoms with van der Waals surface area (Å²) in [4.78, 5) is 18.4. The van der Waals surface area contributed by atoms with Gasteiger partial charge >= 0.3 is 0 Å². The van der Waals surface area contributed by atoms with E-state index in [2.05, 4.69) is 16.9 Å². The fraction of sp³-hybridized carbons (Fsp3) is 0.333. The number of allylic oxidation sites excluding steroid dienone is 1. The first-order valence-electron chi connectivity index (χ1n) is 7.80. The summed E-state index contributed by atoms with van der Waals surface area (Å²) in [6.45, 7) is 7.38. The smallest absolute Gasteiger partial charge is 0.185 e. The molecule has 2 N–H and O–H groups in total. The van der Waals surface area contributed by atoms with Crippen LogP contribution in [0.1, 0.15) is 30.1 Å². The minimum atomic E-state index is 0.0832. The standard InChI is InChI=1S/C18H21N3OS/c1-12(19)14-7-9-21(10-8-14)18-20-17(11-23-18)16-5-3-15(4-6-16)13(2)22/h3-6,11,14H,1,7-10,19H2,2H3. The largest absolute Gasteiger partial charge is 0.402 e. The maximum absolute atomic E-state index is 11.3. The lowest BCUT2D eigenvalue weighted by atomic mass is 9.95. The molecule has 0 aliphatic carbocycles. The Labute approximate surface area is 140 Å². The normalized spacial score (nSPS) is 15.6. The molecule has 5 heteroatoms. The lowest BCUT2D eigenvalue weighted by Gasteiger charge is -2.31. The van der Waals surface area contributed by atoms with Gasteiger partial charge in [-0.3, -0.25) is 4.79 Å². The molecule has 1 aliphatic rings. The molecule has 1 saturated heterocycles. The van der Waals surface area contributed by atoms with Crippen molar-refractivity contribution < 1.29 is 4.79 Å². The van der Waals surface area contributed by atoms with Crippen LogP contribution in [0.4, 0.5) is 5.13 Å². The molecule has 1 fully saturated rings. The summed E-state index contributed by atoms with van der Waals surface area (Å²) in [7, 11) is 0. The maximum Gasteiger partial charge on any atom is 0.185 e. The first-order chi connectivity index (χ1) is 11.0. The number of anilines is 1. The number of aromatic nitrogens is 1. The zero-order valence-electron chi connectivity index (χ0n) is 13.3. The molecule has 0 atom stereocenters. The molecule has 1 aliphatic heterocycles. The molecule has 2 heterocycles. The Kier molecular flexibility index (Phi) is 4.48. The maximum atomic E-state index is 11.3. The third-order valence-electron chi connectivity index (χ3n) is 4.37. The van der Waals surface area contributed by atoms with Crippen LogP contribution < -0.4 is 10.6 Å². The van der Waals surface area contributed by atoms with Gasteiger partial charge in [0.15, 0.2) is 10.9 Å². The van der Waals surface area contributed by atoms with Crippen LogP contribution in [0.2, 0.25) is 0 Å². The quantitative estimate of drug-likeness (QED) is 0.870. The predicted octanol–water partition coefficient (Wildman–Crippen LogP) is 3.70. The van der Waals surface area contributed by atoms with E-state index in [4.69, 9.17) is 10.7 Å². The van der Waals surface area contributed by atoms with Crippen molar-refractivity contribution in [1.29, 1.82) is 0 Å². The molecule has 1 aromatic heterocycles. The topological polar surface area (TPSA) is 59.2 Å². The van der Waals surface area contributed by atoms with Gasteiger partial charge in [-0.1, -0.05) is 30.8 Å². The van der Waals surface area contributed by atoms with Crippen molar-refractivity contribution >= 4 is 22.3 Å². The highest BCUT2D eigenvalue weighted by Gasteiger charge is 2.22. The number of piperidine rings is 1. The second-order valence-corrected chi connectivity index (χ2v) is 6.82. The van der Waals surface area contributed by atoms with Crippen molar-refractivity contribution in [3.05, 3.63) is 47.5 Å². The lowest BCUT2D eigenvalue weighted by Crippen LogP contribution is -2.35.